The molecule has 0 aliphatic rings. The van der Waals surface area contributed by atoms with E-state index in [0.717, 1.165) is 17.9 Å². The lowest BCUT2D eigenvalue weighted by Gasteiger charge is -2.10. The summed E-state index contributed by atoms with van der Waals surface area (Å²) in [7, 11) is 0. The lowest BCUT2D eigenvalue weighted by Crippen LogP contribution is -2.04. The molecular weight excluding hydrogens is 246 g/mol. The first-order chi connectivity index (χ1) is 8.93. The first-order valence-electron chi connectivity index (χ1n) is 5.51. The van der Waals surface area contributed by atoms with Crippen LogP contribution in [0.3, 0.4) is 0 Å². The summed E-state index contributed by atoms with van der Waals surface area (Å²) < 4.78 is 1.65. The molecule has 90 valence electrons. The smallest absolute Gasteiger partial charge is 0.143 e. The summed E-state index contributed by atoms with van der Waals surface area (Å²) in [5, 5.41) is 18.8. The fraction of sp³-hybridized carbons (Fsp3) is 0.0833. The Morgan fingerprint density at radius 2 is 2.17 bits per heavy atom. The zero-order valence-electron chi connectivity index (χ0n) is 9.52. The minimum atomic E-state index is 0.794. The van der Waals surface area contributed by atoms with Gasteiger partial charge in [0, 0.05) is 6.54 Å². The van der Waals surface area contributed by atoms with E-state index in [4.69, 9.17) is 0 Å². The molecule has 2 heterocycles. The van der Waals surface area contributed by atoms with E-state index in [1.165, 1.54) is 5.56 Å². The lowest BCUT2D eigenvalue weighted by atomic mass is 10.2. The number of anilines is 1. The maximum Gasteiger partial charge on any atom is 0.143 e. The van der Waals surface area contributed by atoms with Crippen molar-refractivity contribution in [2.24, 2.45) is 0 Å². The first-order valence-corrected chi connectivity index (χ1v) is 6.45. The quantitative estimate of drug-likeness (QED) is 0.779. The van der Waals surface area contributed by atoms with Crippen LogP contribution in [0.4, 0.5) is 5.69 Å². The Bertz CT molecular complexity index is 603. The molecule has 0 aliphatic carbocycles. The van der Waals surface area contributed by atoms with Crippen LogP contribution in [0.15, 0.2) is 47.4 Å². The highest BCUT2D eigenvalue weighted by atomic mass is 32.1. The second-order valence-electron chi connectivity index (χ2n) is 3.76. The molecule has 2 aromatic heterocycles. The summed E-state index contributed by atoms with van der Waals surface area (Å²) >= 11 is 1.70. The molecule has 1 N–H and O–H groups in total. The van der Waals surface area contributed by atoms with Gasteiger partial charge in [0.2, 0.25) is 0 Å². The molecule has 0 bridgehead atoms. The number of hydrogen-bond donors (Lipinski definition) is 1. The standard InChI is InChI=1S/C12H11N5S/c1-2-4-12(17-9-14-15-16-17)11(3-1)13-7-10-5-6-18-8-10/h1-6,8-9,13H,7H2. The van der Waals surface area contributed by atoms with E-state index in [1.807, 2.05) is 24.3 Å². The molecule has 0 fully saturated rings. The molecule has 0 unspecified atom stereocenters. The Balaban J connectivity index is 1.84. The number of benzene rings is 1. The molecule has 18 heavy (non-hydrogen) atoms. The number of nitrogens with one attached hydrogen (secondary N) is 1. The van der Waals surface area contributed by atoms with E-state index in [9.17, 15) is 0 Å². The van der Waals surface area contributed by atoms with E-state index in [-0.39, 0.29) is 0 Å². The molecule has 0 spiro atoms. The highest BCUT2D eigenvalue weighted by Gasteiger charge is 2.04. The second-order valence-corrected chi connectivity index (χ2v) is 4.54. The molecule has 0 amide bonds. The Morgan fingerprint density at radius 3 is 2.94 bits per heavy atom. The molecule has 0 atom stereocenters. The normalized spacial score (nSPS) is 10.4. The number of tetrazole rings is 1. The van der Waals surface area contributed by atoms with Gasteiger partial charge < -0.3 is 5.32 Å². The van der Waals surface area contributed by atoms with E-state index >= 15 is 0 Å². The molecule has 0 aliphatic heterocycles. The van der Waals surface area contributed by atoms with Crippen LogP contribution in [-0.4, -0.2) is 20.2 Å². The van der Waals surface area contributed by atoms with E-state index in [0.29, 0.717) is 0 Å². The van der Waals surface area contributed by atoms with Gasteiger partial charge in [-0.3, -0.25) is 0 Å². The van der Waals surface area contributed by atoms with Crippen LogP contribution in [0, 0.1) is 0 Å². The van der Waals surface area contributed by atoms with Crippen molar-refractivity contribution in [1.82, 2.24) is 20.2 Å². The molecule has 0 radical (unpaired) electrons. The molecule has 0 saturated carbocycles. The third kappa shape index (κ3) is 2.23. The van der Waals surface area contributed by atoms with Crippen LogP contribution in [0.2, 0.25) is 0 Å². The van der Waals surface area contributed by atoms with Crippen molar-refractivity contribution in [3.8, 4) is 5.69 Å². The minimum absolute atomic E-state index is 0.794. The van der Waals surface area contributed by atoms with Crippen LogP contribution in [0.25, 0.3) is 5.69 Å². The average molecular weight is 257 g/mol. The van der Waals surface area contributed by atoms with Gasteiger partial charge in [-0.2, -0.15) is 16.0 Å². The van der Waals surface area contributed by atoms with Gasteiger partial charge in [0.1, 0.15) is 6.33 Å². The van der Waals surface area contributed by atoms with Crippen molar-refractivity contribution in [3.63, 3.8) is 0 Å². The number of nitrogens with zero attached hydrogens (tertiary/aromatic N) is 4. The van der Waals surface area contributed by atoms with Crippen LogP contribution < -0.4 is 5.32 Å². The minimum Gasteiger partial charge on any atom is -0.379 e. The van der Waals surface area contributed by atoms with Crippen LogP contribution in [-0.2, 0) is 6.54 Å². The molecule has 0 saturated heterocycles. The van der Waals surface area contributed by atoms with Crippen molar-refractivity contribution in [2.75, 3.05) is 5.32 Å². The van der Waals surface area contributed by atoms with Crippen molar-refractivity contribution in [3.05, 3.63) is 53.0 Å². The highest BCUT2D eigenvalue weighted by molar-refractivity contribution is 7.07. The van der Waals surface area contributed by atoms with Crippen LogP contribution >= 0.6 is 11.3 Å². The Morgan fingerprint density at radius 1 is 1.22 bits per heavy atom. The Hall–Kier alpha value is -2.21. The van der Waals surface area contributed by atoms with Gasteiger partial charge >= 0.3 is 0 Å². The van der Waals surface area contributed by atoms with E-state index in [2.05, 4.69) is 37.7 Å². The van der Waals surface area contributed by atoms with Crippen molar-refractivity contribution < 1.29 is 0 Å². The van der Waals surface area contributed by atoms with Gasteiger partial charge in [-0.15, -0.1) is 5.10 Å². The Kier molecular flexibility index (Phi) is 3.01. The molecule has 3 aromatic rings. The van der Waals surface area contributed by atoms with Gasteiger partial charge in [-0.05, 0) is 44.9 Å². The molecular formula is C12H11N5S. The topological polar surface area (TPSA) is 55.6 Å². The summed E-state index contributed by atoms with van der Waals surface area (Å²) in [6.07, 6.45) is 1.59. The number of thiophene rings is 1. The second kappa shape index (κ2) is 4.97. The zero-order valence-corrected chi connectivity index (χ0v) is 10.3. The predicted molar refractivity (Wildman–Crippen MR) is 70.8 cm³/mol. The molecule has 5 nitrogen and oxygen atoms in total. The van der Waals surface area contributed by atoms with Crippen molar-refractivity contribution in [1.29, 1.82) is 0 Å². The molecule has 3 rings (SSSR count). The third-order valence-electron chi connectivity index (χ3n) is 2.56. The number of rotatable bonds is 4. The van der Waals surface area contributed by atoms with Gasteiger partial charge in [0.15, 0.2) is 0 Å². The largest absolute Gasteiger partial charge is 0.379 e. The first kappa shape index (κ1) is 10.9. The molecule has 1 aromatic carbocycles. The third-order valence-corrected chi connectivity index (χ3v) is 3.29. The monoisotopic (exact) mass is 257 g/mol. The van der Waals surface area contributed by atoms with Crippen LogP contribution in [0.5, 0.6) is 0 Å². The lowest BCUT2D eigenvalue weighted by molar-refractivity contribution is 0.789. The average Bonchev–Trinajstić information content (AvgIpc) is 3.10. The fourth-order valence-electron chi connectivity index (χ4n) is 1.69. The fourth-order valence-corrected chi connectivity index (χ4v) is 2.35. The SMILES string of the molecule is c1ccc(-n2cnnn2)c(NCc2ccsc2)c1. The number of para-hydroxylation sites is 2. The maximum atomic E-state index is 3.91. The van der Waals surface area contributed by atoms with Gasteiger partial charge in [-0.1, -0.05) is 12.1 Å². The van der Waals surface area contributed by atoms with Gasteiger partial charge in [-0.25, -0.2) is 0 Å². The predicted octanol–water partition coefficient (Wildman–Crippen LogP) is 2.34. The maximum absolute atomic E-state index is 3.91. The summed E-state index contributed by atoms with van der Waals surface area (Å²) in [6, 6.07) is 10.1. The summed E-state index contributed by atoms with van der Waals surface area (Å²) in [5.41, 5.74) is 3.22. The Labute approximate surface area is 108 Å². The van der Waals surface area contributed by atoms with E-state index < -0.39 is 0 Å². The zero-order chi connectivity index (χ0) is 12.2. The van der Waals surface area contributed by atoms with Crippen molar-refractivity contribution >= 4 is 17.0 Å². The van der Waals surface area contributed by atoms with Crippen LogP contribution in [0.1, 0.15) is 5.56 Å². The van der Waals surface area contributed by atoms with Crippen molar-refractivity contribution in [2.45, 2.75) is 6.54 Å². The number of hydrogen-bond acceptors (Lipinski definition) is 5. The summed E-state index contributed by atoms with van der Waals surface area (Å²) in [5.74, 6) is 0. The summed E-state index contributed by atoms with van der Waals surface area (Å²) in [4.78, 5) is 0. The molecule has 6 heteroatoms. The summed E-state index contributed by atoms with van der Waals surface area (Å²) in [6.45, 7) is 0.794. The van der Waals surface area contributed by atoms with E-state index in [1.54, 1.807) is 22.3 Å². The van der Waals surface area contributed by atoms with Gasteiger partial charge in [0.05, 0.1) is 11.4 Å². The van der Waals surface area contributed by atoms with Gasteiger partial charge in [0.25, 0.3) is 0 Å². The highest BCUT2D eigenvalue weighted by Crippen LogP contribution is 2.19. The number of aromatic nitrogens is 4.